The minimum absolute atomic E-state index is 0.564. The Morgan fingerprint density at radius 1 is 1.50 bits per heavy atom. The molecule has 2 rings (SSSR count). The van der Waals surface area contributed by atoms with Crippen molar-refractivity contribution in [1.29, 1.82) is 0 Å². The average molecular weight is 243 g/mol. The summed E-state index contributed by atoms with van der Waals surface area (Å²) in [6.45, 7) is 0.943. The summed E-state index contributed by atoms with van der Waals surface area (Å²) >= 11 is 0. The van der Waals surface area contributed by atoms with Crippen molar-refractivity contribution in [1.82, 2.24) is 4.90 Å². The molecule has 1 aromatic carbocycles. The highest BCUT2D eigenvalue weighted by Gasteiger charge is 2.25. The highest BCUT2D eigenvalue weighted by Crippen LogP contribution is 2.26. The van der Waals surface area contributed by atoms with Gasteiger partial charge in [0.05, 0.1) is 12.7 Å². The van der Waals surface area contributed by atoms with Crippen LogP contribution in [0.2, 0.25) is 0 Å². The SMILES string of the molecule is [B]c1cc(CCN(C)C2CC2)c(C=O)c(OC)c1. The number of carbonyl (C=O) groups is 1. The van der Waals surface area contributed by atoms with E-state index in [9.17, 15) is 4.79 Å². The molecule has 2 radical (unpaired) electrons. The first-order chi connectivity index (χ1) is 8.65. The smallest absolute Gasteiger partial charge is 0.154 e. The molecule has 3 nitrogen and oxygen atoms in total. The molecule has 0 aromatic heterocycles. The van der Waals surface area contributed by atoms with E-state index in [1.54, 1.807) is 13.2 Å². The predicted octanol–water partition coefficient (Wildman–Crippen LogP) is 0.938. The molecule has 1 aromatic rings. The van der Waals surface area contributed by atoms with E-state index in [0.29, 0.717) is 16.8 Å². The zero-order valence-corrected chi connectivity index (χ0v) is 11.0. The summed E-state index contributed by atoms with van der Waals surface area (Å²) < 4.78 is 5.20. The van der Waals surface area contributed by atoms with Crippen molar-refractivity contribution in [2.75, 3.05) is 20.7 Å². The van der Waals surface area contributed by atoms with Gasteiger partial charge in [0, 0.05) is 12.6 Å². The molecule has 0 heterocycles. The molecule has 0 amide bonds. The van der Waals surface area contributed by atoms with Crippen LogP contribution < -0.4 is 10.2 Å². The summed E-state index contributed by atoms with van der Waals surface area (Å²) in [5, 5.41) is 0. The first-order valence-corrected chi connectivity index (χ1v) is 6.27. The highest BCUT2D eigenvalue weighted by atomic mass is 16.5. The number of benzene rings is 1. The van der Waals surface area contributed by atoms with Gasteiger partial charge < -0.3 is 9.64 Å². The van der Waals surface area contributed by atoms with Gasteiger partial charge in [-0.2, -0.15) is 0 Å². The number of likely N-dealkylation sites (N-methyl/N-ethyl adjacent to an activating group) is 1. The Hall–Kier alpha value is -1.29. The van der Waals surface area contributed by atoms with Crippen molar-refractivity contribution in [3.05, 3.63) is 23.3 Å². The first kappa shape index (κ1) is 13.2. The number of aldehydes is 1. The Bertz CT molecular complexity index is 444. The Morgan fingerprint density at radius 2 is 2.22 bits per heavy atom. The molecule has 1 fully saturated rings. The summed E-state index contributed by atoms with van der Waals surface area (Å²) in [6.07, 6.45) is 4.25. The topological polar surface area (TPSA) is 29.5 Å². The fourth-order valence-corrected chi connectivity index (χ4v) is 2.21. The largest absolute Gasteiger partial charge is 0.496 e. The lowest BCUT2D eigenvalue weighted by Crippen LogP contribution is -2.24. The maximum atomic E-state index is 11.2. The Labute approximate surface area is 110 Å². The molecular weight excluding hydrogens is 225 g/mol. The third-order valence-electron chi connectivity index (χ3n) is 3.49. The van der Waals surface area contributed by atoms with Gasteiger partial charge in [-0.25, -0.2) is 0 Å². The molecule has 94 valence electrons. The van der Waals surface area contributed by atoms with Gasteiger partial charge in [0.15, 0.2) is 6.29 Å². The molecule has 4 heteroatoms. The van der Waals surface area contributed by atoms with E-state index in [1.807, 2.05) is 6.07 Å². The zero-order valence-electron chi connectivity index (χ0n) is 11.0. The van der Waals surface area contributed by atoms with Crippen molar-refractivity contribution < 1.29 is 9.53 Å². The summed E-state index contributed by atoms with van der Waals surface area (Å²) in [5.74, 6) is 0.564. The van der Waals surface area contributed by atoms with Crippen molar-refractivity contribution in [2.24, 2.45) is 0 Å². The molecule has 0 aliphatic heterocycles. The van der Waals surface area contributed by atoms with Crippen molar-refractivity contribution >= 4 is 19.6 Å². The van der Waals surface area contributed by atoms with Crippen LogP contribution >= 0.6 is 0 Å². The van der Waals surface area contributed by atoms with Crippen molar-refractivity contribution in [3.63, 3.8) is 0 Å². The molecule has 0 bridgehead atoms. The van der Waals surface area contributed by atoms with Gasteiger partial charge in [-0.05, 0) is 37.9 Å². The normalized spacial score (nSPS) is 14.8. The summed E-state index contributed by atoms with van der Waals surface area (Å²) in [4.78, 5) is 13.5. The lowest BCUT2D eigenvalue weighted by Gasteiger charge is -2.17. The third-order valence-corrected chi connectivity index (χ3v) is 3.49. The molecule has 1 aliphatic carbocycles. The van der Waals surface area contributed by atoms with Crippen LogP contribution in [0.4, 0.5) is 0 Å². The number of hydrogen-bond donors (Lipinski definition) is 0. The second kappa shape index (κ2) is 5.57. The fraction of sp³-hybridized carbons (Fsp3) is 0.500. The van der Waals surface area contributed by atoms with Gasteiger partial charge in [-0.3, -0.25) is 4.79 Å². The number of ether oxygens (including phenoxy) is 1. The quantitative estimate of drug-likeness (QED) is 0.550. The van der Waals surface area contributed by atoms with Crippen molar-refractivity contribution in [3.8, 4) is 5.75 Å². The van der Waals surface area contributed by atoms with E-state index in [2.05, 4.69) is 11.9 Å². The van der Waals surface area contributed by atoms with Crippen LogP contribution in [0.3, 0.4) is 0 Å². The van der Waals surface area contributed by atoms with Crippen LogP contribution in [0.1, 0.15) is 28.8 Å². The summed E-state index contributed by atoms with van der Waals surface area (Å²) in [7, 11) is 9.51. The molecule has 0 atom stereocenters. The van der Waals surface area contributed by atoms with Crippen LogP contribution in [-0.4, -0.2) is 45.8 Å². The molecule has 0 N–H and O–H groups in total. The van der Waals surface area contributed by atoms with Gasteiger partial charge in [0.25, 0.3) is 0 Å². The van der Waals surface area contributed by atoms with Crippen molar-refractivity contribution in [2.45, 2.75) is 25.3 Å². The van der Waals surface area contributed by atoms with Crippen LogP contribution in [0.25, 0.3) is 0 Å². The molecule has 0 spiro atoms. The average Bonchev–Trinajstić information content (AvgIpc) is 3.19. The predicted molar refractivity (Wildman–Crippen MR) is 73.1 cm³/mol. The highest BCUT2D eigenvalue weighted by molar-refractivity contribution is 6.32. The van der Waals surface area contributed by atoms with Gasteiger partial charge in [-0.1, -0.05) is 11.5 Å². The molecular formula is C14H18BNO2. The van der Waals surface area contributed by atoms with Crippen LogP contribution in [0, 0.1) is 0 Å². The van der Waals surface area contributed by atoms with Gasteiger partial charge in [0.1, 0.15) is 13.6 Å². The molecule has 18 heavy (non-hydrogen) atoms. The third kappa shape index (κ3) is 2.93. The molecule has 0 saturated heterocycles. The van der Waals surface area contributed by atoms with Gasteiger partial charge >= 0.3 is 0 Å². The van der Waals surface area contributed by atoms with Crippen LogP contribution in [0.5, 0.6) is 5.75 Å². The van der Waals surface area contributed by atoms with E-state index in [-0.39, 0.29) is 0 Å². The Kier molecular flexibility index (Phi) is 4.07. The summed E-state index contributed by atoms with van der Waals surface area (Å²) in [5.41, 5.74) is 2.23. The van der Waals surface area contributed by atoms with Gasteiger partial charge in [-0.15, -0.1) is 0 Å². The standard InChI is InChI=1S/C14H18BNO2/c1-16(12-3-4-12)6-5-10-7-11(15)8-14(18-2)13(10)9-17/h7-9,12H,3-6H2,1-2H3. The lowest BCUT2D eigenvalue weighted by molar-refractivity contribution is 0.111. The monoisotopic (exact) mass is 243 g/mol. The number of carbonyl (C=O) groups excluding carboxylic acids is 1. The first-order valence-electron chi connectivity index (χ1n) is 6.27. The second-order valence-corrected chi connectivity index (χ2v) is 4.88. The van der Waals surface area contributed by atoms with E-state index in [0.717, 1.165) is 30.9 Å². The minimum Gasteiger partial charge on any atom is -0.496 e. The lowest BCUT2D eigenvalue weighted by atomic mass is 9.90. The zero-order chi connectivity index (χ0) is 13.1. The van der Waals surface area contributed by atoms with E-state index >= 15 is 0 Å². The number of nitrogens with zero attached hydrogens (tertiary/aromatic N) is 1. The Balaban J connectivity index is 2.14. The van der Waals surface area contributed by atoms with Crippen LogP contribution in [0.15, 0.2) is 12.1 Å². The van der Waals surface area contributed by atoms with E-state index < -0.39 is 0 Å². The molecule has 0 unspecified atom stereocenters. The molecule has 1 aliphatic rings. The maximum absolute atomic E-state index is 11.2. The fourth-order valence-electron chi connectivity index (χ4n) is 2.21. The Morgan fingerprint density at radius 3 is 2.78 bits per heavy atom. The van der Waals surface area contributed by atoms with Crippen LogP contribution in [-0.2, 0) is 6.42 Å². The van der Waals surface area contributed by atoms with Gasteiger partial charge in [0.2, 0.25) is 0 Å². The number of hydrogen-bond acceptors (Lipinski definition) is 3. The second-order valence-electron chi connectivity index (χ2n) is 4.88. The minimum atomic E-state index is 0.564. The maximum Gasteiger partial charge on any atom is 0.154 e. The van der Waals surface area contributed by atoms with E-state index in [4.69, 9.17) is 12.6 Å². The number of rotatable bonds is 6. The molecule has 1 saturated carbocycles. The summed E-state index contributed by atoms with van der Waals surface area (Å²) in [6, 6.07) is 4.29. The van der Waals surface area contributed by atoms with E-state index in [1.165, 1.54) is 12.8 Å². The number of methoxy groups -OCH3 is 1.